The maximum atomic E-state index is 12.9. The zero-order valence-electron chi connectivity index (χ0n) is 11.3. The summed E-state index contributed by atoms with van der Waals surface area (Å²) in [4.78, 5) is 12.1. The summed E-state index contributed by atoms with van der Waals surface area (Å²) in [7, 11) is 0. The van der Waals surface area contributed by atoms with E-state index >= 15 is 0 Å². The van der Waals surface area contributed by atoms with E-state index in [4.69, 9.17) is 0 Å². The summed E-state index contributed by atoms with van der Waals surface area (Å²) in [6.07, 6.45) is 2.30. The van der Waals surface area contributed by atoms with Gasteiger partial charge in [-0.1, -0.05) is 12.1 Å². The number of carbonyl (C=O) groups excluding carboxylic acids is 1. The number of hydrogen-bond donors (Lipinski definition) is 3. The fraction of sp³-hybridized carbons (Fsp3) is 0.533. The molecule has 1 amide bonds. The highest BCUT2D eigenvalue weighted by Crippen LogP contribution is 2.25. The van der Waals surface area contributed by atoms with E-state index in [0.717, 1.165) is 0 Å². The zero-order chi connectivity index (χ0) is 14.5. The predicted molar refractivity (Wildman–Crippen MR) is 72.3 cm³/mol. The minimum Gasteiger partial charge on any atom is -0.394 e. The fourth-order valence-electron chi connectivity index (χ4n) is 2.56. The molecule has 1 aromatic carbocycles. The Hall–Kier alpha value is -1.46. The highest BCUT2D eigenvalue weighted by atomic mass is 19.1. The standard InChI is InChI=1S/C15H20FNO3/c16-12-5-1-10(2-6-12)14(9-18)17-15(20)11-3-7-13(19)8-4-11/h1-2,5-6,11,13-14,18-19H,3-4,7-9H2,(H,17,20)/t11?,13?,14-/m1/s1. The van der Waals surface area contributed by atoms with Crippen molar-refractivity contribution >= 4 is 5.91 Å². The van der Waals surface area contributed by atoms with Crippen LogP contribution in [0, 0.1) is 11.7 Å². The molecule has 4 nitrogen and oxygen atoms in total. The van der Waals surface area contributed by atoms with Crippen LogP contribution in [0.5, 0.6) is 0 Å². The van der Waals surface area contributed by atoms with Crippen molar-refractivity contribution in [3.05, 3.63) is 35.6 Å². The molecule has 3 N–H and O–H groups in total. The van der Waals surface area contributed by atoms with Crippen LogP contribution in [0.25, 0.3) is 0 Å². The SMILES string of the molecule is O=C(N[C@H](CO)c1ccc(F)cc1)C1CCC(O)CC1. The second-order valence-electron chi connectivity index (χ2n) is 5.30. The number of aliphatic hydroxyl groups excluding tert-OH is 2. The molecule has 110 valence electrons. The molecule has 2 rings (SSSR count). The molecule has 20 heavy (non-hydrogen) atoms. The maximum Gasteiger partial charge on any atom is 0.223 e. The van der Waals surface area contributed by atoms with Crippen molar-refractivity contribution in [2.45, 2.75) is 37.8 Å². The van der Waals surface area contributed by atoms with Gasteiger partial charge in [0.05, 0.1) is 18.8 Å². The van der Waals surface area contributed by atoms with E-state index in [1.165, 1.54) is 12.1 Å². The topological polar surface area (TPSA) is 69.6 Å². The Kier molecular flexibility index (Phi) is 5.09. The van der Waals surface area contributed by atoms with Crippen LogP contribution in [-0.2, 0) is 4.79 Å². The summed E-state index contributed by atoms with van der Waals surface area (Å²) >= 11 is 0. The summed E-state index contributed by atoms with van der Waals surface area (Å²) in [6.45, 7) is -0.229. The van der Waals surface area contributed by atoms with Crippen molar-refractivity contribution in [1.82, 2.24) is 5.32 Å². The molecule has 0 heterocycles. The van der Waals surface area contributed by atoms with Crippen LogP contribution in [0.2, 0.25) is 0 Å². The number of nitrogens with one attached hydrogen (secondary N) is 1. The van der Waals surface area contributed by atoms with E-state index in [0.29, 0.717) is 31.2 Å². The number of carbonyl (C=O) groups is 1. The Morgan fingerprint density at radius 2 is 1.85 bits per heavy atom. The van der Waals surface area contributed by atoms with Crippen LogP contribution in [0.4, 0.5) is 4.39 Å². The minimum atomic E-state index is -0.519. The Labute approximate surface area is 117 Å². The molecule has 0 radical (unpaired) electrons. The third-order valence-corrected chi connectivity index (χ3v) is 3.84. The molecule has 0 saturated heterocycles. The maximum absolute atomic E-state index is 12.9. The van der Waals surface area contributed by atoms with E-state index in [2.05, 4.69) is 5.32 Å². The van der Waals surface area contributed by atoms with Gasteiger partial charge in [-0.2, -0.15) is 0 Å². The Bertz CT molecular complexity index is 441. The second kappa shape index (κ2) is 6.81. The molecular formula is C15H20FNO3. The van der Waals surface area contributed by atoms with Crippen molar-refractivity contribution in [2.75, 3.05) is 6.61 Å². The molecule has 1 atom stereocenters. The van der Waals surface area contributed by atoms with Gasteiger partial charge >= 0.3 is 0 Å². The van der Waals surface area contributed by atoms with Gasteiger partial charge in [0, 0.05) is 5.92 Å². The molecule has 1 fully saturated rings. The van der Waals surface area contributed by atoms with Gasteiger partial charge in [-0.05, 0) is 43.4 Å². The molecule has 0 aliphatic heterocycles. The van der Waals surface area contributed by atoms with E-state index in [9.17, 15) is 19.4 Å². The highest BCUT2D eigenvalue weighted by Gasteiger charge is 2.26. The number of hydrogen-bond acceptors (Lipinski definition) is 3. The van der Waals surface area contributed by atoms with E-state index in [1.807, 2.05) is 0 Å². The molecule has 1 aliphatic rings. The average Bonchev–Trinajstić information content (AvgIpc) is 2.46. The largest absolute Gasteiger partial charge is 0.394 e. The third kappa shape index (κ3) is 3.77. The van der Waals surface area contributed by atoms with Crippen LogP contribution >= 0.6 is 0 Å². The van der Waals surface area contributed by atoms with Crippen molar-refractivity contribution in [2.24, 2.45) is 5.92 Å². The van der Waals surface area contributed by atoms with Gasteiger partial charge in [-0.15, -0.1) is 0 Å². The van der Waals surface area contributed by atoms with Crippen molar-refractivity contribution < 1.29 is 19.4 Å². The number of aliphatic hydroxyl groups is 2. The lowest BCUT2D eigenvalue weighted by molar-refractivity contribution is -0.127. The van der Waals surface area contributed by atoms with Crippen molar-refractivity contribution in [1.29, 1.82) is 0 Å². The van der Waals surface area contributed by atoms with E-state index in [-0.39, 0.29) is 30.4 Å². The normalized spacial score (nSPS) is 24.1. The lowest BCUT2D eigenvalue weighted by Gasteiger charge is -2.26. The first-order chi connectivity index (χ1) is 9.60. The molecule has 0 unspecified atom stereocenters. The molecular weight excluding hydrogens is 261 g/mol. The molecule has 0 spiro atoms. The minimum absolute atomic E-state index is 0.111. The van der Waals surface area contributed by atoms with Gasteiger partial charge in [-0.3, -0.25) is 4.79 Å². The monoisotopic (exact) mass is 281 g/mol. The first-order valence-electron chi connectivity index (χ1n) is 6.95. The smallest absolute Gasteiger partial charge is 0.223 e. The first-order valence-corrected chi connectivity index (χ1v) is 6.95. The molecule has 0 bridgehead atoms. The Balaban J connectivity index is 1.95. The van der Waals surface area contributed by atoms with Gasteiger partial charge in [0.2, 0.25) is 5.91 Å². The number of halogens is 1. The Morgan fingerprint density at radius 3 is 2.40 bits per heavy atom. The first kappa shape index (κ1) is 14.9. The lowest BCUT2D eigenvalue weighted by atomic mass is 9.86. The second-order valence-corrected chi connectivity index (χ2v) is 5.30. The number of amides is 1. The van der Waals surface area contributed by atoms with Gasteiger partial charge in [0.1, 0.15) is 5.82 Å². The van der Waals surface area contributed by atoms with Crippen molar-refractivity contribution in [3.8, 4) is 0 Å². The summed E-state index contributed by atoms with van der Waals surface area (Å²) in [6, 6.07) is 5.21. The average molecular weight is 281 g/mol. The zero-order valence-corrected chi connectivity index (χ0v) is 11.3. The summed E-state index contributed by atoms with van der Waals surface area (Å²) < 4.78 is 12.9. The number of benzene rings is 1. The van der Waals surface area contributed by atoms with E-state index in [1.54, 1.807) is 12.1 Å². The fourth-order valence-corrected chi connectivity index (χ4v) is 2.56. The van der Waals surface area contributed by atoms with Crippen LogP contribution < -0.4 is 5.32 Å². The quantitative estimate of drug-likeness (QED) is 0.784. The summed E-state index contributed by atoms with van der Waals surface area (Å²) in [5, 5.41) is 21.6. The molecule has 0 aromatic heterocycles. The van der Waals surface area contributed by atoms with Gasteiger partial charge in [0.15, 0.2) is 0 Å². The third-order valence-electron chi connectivity index (χ3n) is 3.84. The molecule has 1 aromatic rings. The highest BCUT2D eigenvalue weighted by molar-refractivity contribution is 5.79. The van der Waals surface area contributed by atoms with Crippen LogP contribution in [0.15, 0.2) is 24.3 Å². The van der Waals surface area contributed by atoms with Gasteiger partial charge in [0.25, 0.3) is 0 Å². The molecule has 1 aliphatic carbocycles. The van der Waals surface area contributed by atoms with Crippen LogP contribution in [0.1, 0.15) is 37.3 Å². The lowest BCUT2D eigenvalue weighted by Crippen LogP contribution is -2.37. The molecule has 1 saturated carbocycles. The Morgan fingerprint density at radius 1 is 1.25 bits per heavy atom. The van der Waals surface area contributed by atoms with Crippen LogP contribution in [-0.4, -0.2) is 28.8 Å². The van der Waals surface area contributed by atoms with E-state index < -0.39 is 6.04 Å². The van der Waals surface area contributed by atoms with Crippen molar-refractivity contribution in [3.63, 3.8) is 0 Å². The predicted octanol–water partition coefficient (Wildman–Crippen LogP) is 1.53. The summed E-state index contributed by atoms with van der Waals surface area (Å²) in [5.41, 5.74) is 0.679. The van der Waals surface area contributed by atoms with Gasteiger partial charge < -0.3 is 15.5 Å². The summed E-state index contributed by atoms with van der Waals surface area (Å²) in [5.74, 6) is -0.578. The molecule has 5 heteroatoms. The van der Waals surface area contributed by atoms with Gasteiger partial charge in [-0.25, -0.2) is 4.39 Å². The van der Waals surface area contributed by atoms with Crippen LogP contribution in [0.3, 0.4) is 0 Å². The number of rotatable bonds is 4.